The smallest absolute Gasteiger partial charge is 0.155 e. The average Bonchev–Trinajstić information content (AvgIpc) is 2.52. The van der Waals surface area contributed by atoms with Gasteiger partial charge in [-0.25, -0.2) is 4.98 Å². The second kappa shape index (κ2) is 4.40. The first-order valence-corrected chi connectivity index (χ1v) is 5.06. The normalized spacial score (nSPS) is 11.3. The van der Waals surface area contributed by atoms with Crippen molar-refractivity contribution in [2.75, 3.05) is 0 Å². The van der Waals surface area contributed by atoms with E-state index in [2.05, 4.69) is 18.8 Å². The first-order valence-electron chi connectivity index (χ1n) is 5.06. The lowest BCUT2D eigenvalue weighted by molar-refractivity contribution is -0.122. The summed E-state index contributed by atoms with van der Waals surface area (Å²) in [6.45, 7) is 8.46. The van der Waals surface area contributed by atoms with Crippen LogP contribution in [0.4, 0.5) is 0 Å². The predicted molar refractivity (Wildman–Crippen MR) is 56.2 cm³/mol. The third-order valence-corrected chi connectivity index (χ3v) is 2.23. The van der Waals surface area contributed by atoms with Crippen molar-refractivity contribution in [2.24, 2.45) is 5.92 Å². The first kappa shape index (κ1) is 11.0. The topological polar surface area (TPSA) is 34.9 Å². The Labute approximate surface area is 85.2 Å². The van der Waals surface area contributed by atoms with Crippen LogP contribution in [0.3, 0.4) is 0 Å². The number of carbonyl (C=O) groups is 1. The number of rotatable bonds is 4. The molecule has 0 aromatic carbocycles. The Morgan fingerprint density at radius 1 is 1.43 bits per heavy atom. The number of ketones is 1. The lowest BCUT2D eigenvalue weighted by Gasteiger charge is -2.10. The van der Waals surface area contributed by atoms with Crippen LogP contribution in [0.2, 0.25) is 0 Å². The van der Waals surface area contributed by atoms with Crippen molar-refractivity contribution in [3.8, 4) is 0 Å². The molecule has 0 amide bonds. The molecule has 0 aliphatic heterocycles. The van der Waals surface area contributed by atoms with Crippen LogP contribution in [0, 0.1) is 5.92 Å². The van der Waals surface area contributed by atoms with E-state index in [1.807, 2.05) is 24.6 Å². The molecular formula is C11H18N2O. The first-order chi connectivity index (χ1) is 6.52. The third kappa shape index (κ3) is 2.44. The van der Waals surface area contributed by atoms with Gasteiger partial charge in [-0.1, -0.05) is 27.7 Å². The Balaban J connectivity index is 2.76. The molecule has 1 aromatic rings. The zero-order valence-corrected chi connectivity index (χ0v) is 9.32. The van der Waals surface area contributed by atoms with Crippen LogP contribution in [-0.2, 0) is 11.3 Å². The molecule has 0 radical (unpaired) electrons. The van der Waals surface area contributed by atoms with Crippen molar-refractivity contribution < 1.29 is 4.79 Å². The van der Waals surface area contributed by atoms with E-state index < -0.39 is 0 Å². The Kier molecular flexibility index (Phi) is 3.44. The number of hydrogen-bond donors (Lipinski definition) is 0. The van der Waals surface area contributed by atoms with Crippen LogP contribution < -0.4 is 0 Å². The van der Waals surface area contributed by atoms with Crippen LogP contribution in [0.25, 0.3) is 0 Å². The molecule has 14 heavy (non-hydrogen) atoms. The predicted octanol–water partition coefficient (Wildman–Crippen LogP) is 2.23. The Bertz CT molecular complexity index is 313. The summed E-state index contributed by atoms with van der Waals surface area (Å²) in [5.74, 6) is 1.70. The molecule has 3 heteroatoms. The van der Waals surface area contributed by atoms with Crippen molar-refractivity contribution in [1.82, 2.24) is 9.55 Å². The SMILES string of the molecule is CC(C)C(=O)Cn1ccnc1C(C)C. The molecule has 3 nitrogen and oxygen atoms in total. The molecule has 0 spiro atoms. The van der Waals surface area contributed by atoms with E-state index in [-0.39, 0.29) is 11.7 Å². The lowest BCUT2D eigenvalue weighted by Crippen LogP contribution is -2.17. The molecule has 0 atom stereocenters. The number of hydrogen-bond acceptors (Lipinski definition) is 2. The molecule has 0 N–H and O–H groups in total. The highest BCUT2D eigenvalue weighted by molar-refractivity contribution is 5.80. The highest BCUT2D eigenvalue weighted by atomic mass is 16.1. The lowest BCUT2D eigenvalue weighted by atomic mass is 10.1. The van der Waals surface area contributed by atoms with Crippen LogP contribution in [-0.4, -0.2) is 15.3 Å². The van der Waals surface area contributed by atoms with Gasteiger partial charge < -0.3 is 4.57 Å². The maximum absolute atomic E-state index is 11.5. The van der Waals surface area contributed by atoms with Gasteiger partial charge in [-0.15, -0.1) is 0 Å². The van der Waals surface area contributed by atoms with Gasteiger partial charge in [-0.05, 0) is 0 Å². The summed E-state index contributed by atoms with van der Waals surface area (Å²) in [5, 5.41) is 0. The second-order valence-electron chi connectivity index (χ2n) is 4.19. The van der Waals surface area contributed by atoms with Gasteiger partial charge in [-0.2, -0.15) is 0 Å². The molecule has 1 aromatic heterocycles. The fraction of sp³-hybridized carbons (Fsp3) is 0.636. The average molecular weight is 194 g/mol. The Morgan fingerprint density at radius 2 is 2.07 bits per heavy atom. The zero-order chi connectivity index (χ0) is 10.7. The molecule has 0 bridgehead atoms. The van der Waals surface area contributed by atoms with Crippen molar-refractivity contribution in [1.29, 1.82) is 0 Å². The van der Waals surface area contributed by atoms with Gasteiger partial charge in [0.1, 0.15) is 5.82 Å². The van der Waals surface area contributed by atoms with Crippen LogP contribution in [0.5, 0.6) is 0 Å². The molecule has 0 unspecified atom stereocenters. The van der Waals surface area contributed by atoms with Crippen molar-refractivity contribution >= 4 is 5.78 Å². The number of aromatic nitrogens is 2. The van der Waals surface area contributed by atoms with Crippen LogP contribution in [0.15, 0.2) is 12.4 Å². The maximum atomic E-state index is 11.5. The molecule has 1 rings (SSSR count). The summed E-state index contributed by atoms with van der Waals surface area (Å²) in [5.41, 5.74) is 0. The van der Waals surface area contributed by atoms with Gasteiger partial charge in [0.2, 0.25) is 0 Å². The molecule has 0 aliphatic carbocycles. The van der Waals surface area contributed by atoms with Crippen LogP contribution in [0.1, 0.15) is 39.4 Å². The number of Topliss-reactive ketones (excluding diaryl/α,β-unsaturated/α-hetero) is 1. The summed E-state index contributed by atoms with van der Waals surface area (Å²) < 4.78 is 1.94. The fourth-order valence-electron chi connectivity index (χ4n) is 1.31. The highest BCUT2D eigenvalue weighted by Gasteiger charge is 2.12. The van der Waals surface area contributed by atoms with Crippen molar-refractivity contribution in [3.05, 3.63) is 18.2 Å². The van der Waals surface area contributed by atoms with Gasteiger partial charge in [0.15, 0.2) is 5.78 Å². The van der Waals surface area contributed by atoms with E-state index in [1.54, 1.807) is 6.20 Å². The van der Waals surface area contributed by atoms with Crippen molar-refractivity contribution in [2.45, 2.75) is 40.2 Å². The molecule has 0 saturated carbocycles. The van der Waals surface area contributed by atoms with Crippen molar-refractivity contribution in [3.63, 3.8) is 0 Å². The molecule has 1 heterocycles. The van der Waals surface area contributed by atoms with Gasteiger partial charge >= 0.3 is 0 Å². The van der Waals surface area contributed by atoms with E-state index in [1.165, 1.54) is 0 Å². The Morgan fingerprint density at radius 3 is 2.57 bits per heavy atom. The number of imidazole rings is 1. The van der Waals surface area contributed by atoms with E-state index in [0.29, 0.717) is 12.5 Å². The minimum absolute atomic E-state index is 0.0948. The highest BCUT2D eigenvalue weighted by Crippen LogP contribution is 2.12. The molecule has 0 saturated heterocycles. The zero-order valence-electron chi connectivity index (χ0n) is 9.32. The van der Waals surface area contributed by atoms with Gasteiger partial charge in [0.25, 0.3) is 0 Å². The monoisotopic (exact) mass is 194 g/mol. The van der Waals surface area contributed by atoms with Gasteiger partial charge in [0.05, 0.1) is 6.54 Å². The number of carbonyl (C=O) groups excluding carboxylic acids is 1. The van der Waals surface area contributed by atoms with E-state index in [9.17, 15) is 4.79 Å². The molecule has 0 aliphatic rings. The molecule has 0 fully saturated rings. The fourth-order valence-corrected chi connectivity index (χ4v) is 1.31. The maximum Gasteiger partial charge on any atom is 0.155 e. The van der Waals surface area contributed by atoms with Gasteiger partial charge in [-0.3, -0.25) is 4.79 Å². The number of nitrogens with zero attached hydrogens (tertiary/aromatic N) is 2. The summed E-state index contributed by atoms with van der Waals surface area (Å²) in [7, 11) is 0. The second-order valence-corrected chi connectivity index (χ2v) is 4.19. The Hall–Kier alpha value is -1.12. The van der Waals surface area contributed by atoms with E-state index in [4.69, 9.17) is 0 Å². The minimum Gasteiger partial charge on any atom is -0.327 e. The summed E-state index contributed by atoms with van der Waals surface area (Å²) in [4.78, 5) is 15.8. The van der Waals surface area contributed by atoms with Crippen LogP contribution >= 0.6 is 0 Å². The largest absolute Gasteiger partial charge is 0.327 e. The molecular weight excluding hydrogens is 176 g/mol. The quantitative estimate of drug-likeness (QED) is 0.736. The standard InChI is InChI=1S/C11H18N2O/c1-8(2)10(14)7-13-6-5-12-11(13)9(3)4/h5-6,8-9H,7H2,1-4H3. The summed E-state index contributed by atoms with van der Waals surface area (Å²) in [6.07, 6.45) is 3.62. The van der Waals surface area contributed by atoms with E-state index >= 15 is 0 Å². The van der Waals surface area contributed by atoms with Gasteiger partial charge in [0, 0.05) is 24.2 Å². The van der Waals surface area contributed by atoms with E-state index in [0.717, 1.165) is 5.82 Å². The molecule has 78 valence electrons. The summed E-state index contributed by atoms with van der Waals surface area (Å²) in [6, 6.07) is 0. The third-order valence-electron chi connectivity index (χ3n) is 2.23. The minimum atomic E-state index is 0.0948. The summed E-state index contributed by atoms with van der Waals surface area (Å²) >= 11 is 0.